The number of hydrogen-bond donors (Lipinski definition) is 1. The van der Waals surface area contributed by atoms with Crippen LogP contribution in [0.4, 0.5) is 14.5 Å². The minimum atomic E-state index is -3.65. The first kappa shape index (κ1) is 13.1. The number of alkyl halides is 3. The molecule has 1 atom stereocenters. The molecule has 1 aromatic rings. The lowest BCUT2D eigenvalue weighted by atomic mass is 10.2. The lowest BCUT2D eigenvalue weighted by Gasteiger charge is -2.08. The molecule has 0 radical (unpaired) electrons. The number of hydrogen-bond acceptors (Lipinski definition) is 3. The number of fused-ring (bicyclic) bond motifs is 1. The van der Waals surface area contributed by atoms with Crippen molar-refractivity contribution in [2.45, 2.75) is 24.5 Å². The fraction of sp³-hybridized carbons (Fsp3) is 0.364. The molecule has 1 aliphatic rings. The summed E-state index contributed by atoms with van der Waals surface area (Å²) in [5.74, 6) is -0.396. The van der Waals surface area contributed by atoms with Gasteiger partial charge in [-0.25, -0.2) is 0 Å². The number of rotatable bonds is 3. The second-order valence-electron chi connectivity index (χ2n) is 3.69. The van der Waals surface area contributed by atoms with Gasteiger partial charge in [-0.15, -0.1) is 8.78 Å². The molecule has 1 unspecified atom stereocenters. The normalized spacial score (nSPS) is 17.3. The van der Waals surface area contributed by atoms with Gasteiger partial charge in [-0.2, -0.15) is 0 Å². The standard InChI is InChI=1S/C11H10BrF2NO3/c1-2-7(12)10(16)15-6-3-4-8-9(5-6)18-11(13,14)17-8/h3-5,7H,2H2,1H3,(H,15,16). The number of anilines is 1. The molecule has 7 heteroatoms. The van der Waals surface area contributed by atoms with Gasteiger partial charge in [0, 0.05) is 11.8 Å². The highest BCUT2D eigenvalue weighted by Gasteiger charge is 2.43. The molecule has 1 aromatic carbocycles. The third kappa shape index (κ3) is 2.72. The molecule has 0 saturated heterocycles. The summed E-state index contributed by atoms with van der Waals surface area (Å²) >= 11 is 3.19. The summed E-state index contributed by atoms with van der Waals surface area (Å²) in [5.41, 5.74) is 0.373. The van der Waals surface area contributed by atoms with Crippen LogP contribution in [0.5, 0.6) is 11.5 Å². The SMILES string of the molecule is CCC(Br)C(=O)Nc1ccc2c(c1)OC(F)(F)O2. The minimum Gasteiger partial charge on any atom is -0.395 e. The highest BCUT2D eigenvalue weighted by atomic mass is 79.9. The maximum atomic E-state index is 12.8. The van der Waals surface area contributed by atoms with Crippen molar-refractivity contribution in [3.63, 3.8) is 0 Å². The average Bonchev–Trinajstić information content (AvgIpc) is 2.61. The fourth-order valence-corrected chi connectivity index (χ4v) is 1.55. The Morgan fingerprint density at radius 1 is 1.44 bits per heavy atom. The third-order valence-electron chi connectivity index (χ3n) is 2.31. The van der Waals surface area contributed by atoms with E-state index in [4.69, 9.17) is 0 Å². The van der Waals surface area contributed by atoms with E-state index in [-0.39, 0.29) is 22.2 Å². The molecule has 1 N–H and O–H groups in total. The van der Waals surface area contributed by atoms with Crippen molar-refractivity contribution in [3.8, 4) is 11.5 Å². The largest absolute Gasteiger partial charge is 0.586 e. The summed E-state index contributed by atoms with van der Waals surface area (Å²) in [6, 6.07) is 4.08. The Morgan fingerprint density at radius 2 is 2.11 bits per heavy atom. The molecule has 0 spiro atoms. The zero-order chi connectivity index (χ0) is 13.3. The number of benzene rings is 1. The van der Waals surface area contributed by atoms with Gasteiger partial charge in [0.2, 0.25) is 5.91 Å². The zero-order valence-corrected chi connectivity index (χ0v) is 11.0. The number of halogens is 3. The molecule has 0 fully saturated rings. The highest BCUT2D eigenvalue weighted by molar-refractivity contribution is 9.10. The Hall–Kier alpha value is -1.37. The Labute approximate surface area is 110 Å². The van der Waals surface area contributed by atoms with Gasteiger partial charge in [0.05, 0.1) is 4.83 Å². The van der Waals surface area contributed by atoms with E-state index in [0.717, 1.165) is 0 Å². The summed E-state index contributed by atoms with van der Waals surface area (Å²) in [6.45, 7) is 1.85. The number of amides is 1. The van der Waals surface area contributed by atoms with Crippen molar-refractivity contribution in [2.24, 2.45) is 0 Å². The summed E-state index contributed by atoms with van der Waals surface area (Å²) in [6.07, 6.45) is -3.03. The lowest BCUT2D eigenvalue weighted by molar-refractivity contribution is -0.286. The van der Waals surface area contributed by atoms with Crippen LogP contribution in [0.1, 0.15) is 13.3 Å². The van der Waals surface area contributed by atoms with Crippen molar-refractivity contribution < 1.29 is 23.0 Å². The van der Waals surface area contributed by atoms with Crippen molar-refractivity contribution in [1.29, 1.82) is 0 Å². The van der Waals surface area contributed by atoms with Crippen LogP contribution in [0.25, 0.3) is 0 Å². The Balaban J connectivity index is 2.12. The summed E-state index contributed by atoms with van der Waals surface area (Å²) < 4.78 is 34.1. The van der Waals surface area contributed by atoms with Gasteiger partial charge < -0.3 is 14.8 Å². The molecular weight excluding hydrogens is 312 g/mol. The predicted octanol–water partition coefficient (Wildman–Crippen LogP) is 3.12. The number of carbonyl (C=O) groups excluding carboxylic acids is 1. The van der Waals surface area contributed by atoms with Crippen molar-refractivity contribution >= 4 is 27.5 Å². The molecule has 0 aliphatic carbocycles. The van der Waals surface area contributed by atoms with E-state index in [9.17, 15) is 13.6 Å². The van der Waals surface area contributed by atoms with E-state index in [0.29, 0.717) is 12.1 Å². The maximum absolute atomic E-state index is 12.8. The summed E-state index contributed by atoms with van der Waals surface area (Å²) in [5, 5.41) is 2.58. The first-order valence-corrected chi connectivity index (χ1v) is 6.17. The molecule has 0 bridgehead atoms. The number of nitrogens with one attached hydrogen (secondary N) is 1. The van der Waals surface area contributed by atoms with Crippen LogP contribution >= 0.6 is 15.9 Å². The topological polar surface area (TPSA) is 47.6 Å². The van der Waals surface area contributed by atoms with Crippen LogP contribution in [0.3, 0.4) is 0 Å². The second kappa shape index (κ2) is 4.72. The van der Waals surface area contributed by atoms with Gasteiger partial charge in [-0.3, -0.25) is 4.79 Å². The number of ether oxygens (including phenoxy) is 2. The maximum Gasteiger partial charge on any atom is 0.586 e. The molecule has 18 heavy (non-hydrogen) atoms. The van der Waals surface area contributed by atoms with Crippen LogP contribution in [0, 0.1) is 0 Å². The Morgan fingerprint density at radius 3 is 2.78 bits per heavy atom. The van der Waals surface area contributed by atoms with E-state index < -0.39 is 6.29 Å². The van der Waals surface area contributed by atoms with Gasteiger partial charge in [0.1, 0.15) is 0 Å². The molecule has 0 aromatic heterocycles. The minimum absolute atomic E-state index is 0.0520. The predicted molar refractivity (Wildman–Crippen MR) is 64.3 cm³/mol. The smallest absolute Gasteiger partial charge is 0.395 e. The fourth-order valence-electron chi connectivity index (χ4n) is 1.43. The Bertz CT molecular complexity index is 481. The quantitative estimate of drug-likeness (QED) is 0.870. The molecular formula is C11H10BrF2NO3. The van der Waals surface area contributed by atoms with Gasteiger partial charge in [0.25, 0.3) is 0 Å². The molecule has 1 aliphatic heterocycles. The molecule has 98 valence electrons. The van der Waals surface area contributed by atoms with Crippen molar-refractivity contribution in [1.82, 2.24) is 0 Å². The van der Waals surface area contributed by atoms with Crippen LogP contribution in [0.15, 0.2) is 18.2 Å². The number of carbonyl (C=O) groups is 1. The van der Waals surface area contributed by atoms with E-state index >= 15 is 0 Å². The van der Waals surface area contributed by atoms with Gasteiger partial charge >= 0.3 is 6.29 Å². The third-order valence-corrected chi connectivity index (χ3v) is 3.38. The monoisotopic (exact) mass is 321 g/mol. The van der Waals surface area contributed by atoms with Crippen LogP contribution in [-0.2, 0) is 4.79 Å². The lowest BCUT2D eigenvalue weighted by Crippen LogP contribution is -2.26. The van der Waals surface area contributed by atoms with Crippen molar-refractivity contribution in [3.05, 3.63) is 18.2 Å². The Kier molecular flexibility index (Phi) is 3.43. The molecule has 1 heterocycles. The van der Waals surface area contributed by atoms with Crippen LogP contribution in [0.2, 0.25) is 0 Å². The first-order valence-electron chi connectivity index (χ1n) is 5.26. The molecule has 1 amide bonds. The van der Waals surface area contributed by atoms with Crippen LogP contribution in [-0.4, -0.2) is 17.0 Å². The van der Waals surface area contributed by atoms with E-state index in [2.05, 4.69) is 30.7 Å². The van der Waals surface area contributed by atoms with Gasteiger partial charge in [-0.05, 0) is 18.6 Å². The van der Waals surface area contributed by atoms with E-state index in [1.807, 2.05) is 6.92 Å². The first-order chi connectivity index (χ1) is 8.41. The van der Waals surface area contributed by atoms with Crippen molar-refractivity contribution in [2.75, 3.05) is 5.32 Å². The summed E-state index contributed by atoms with van der Waals surface area (Å²) in [4.78, 5) is 11.3. The van der Waals surface area contributed by atoms with E-state index in [1.165, 1.54) is 18.2 Å². The van der Waals surface area contributed by atoms with Crippen LogP contribution < -0.4 is 14.8 Å². The molecule has 2 rings (SSSR count). The van der Waals surface area contributed by atoms with E-state index in [1.54, 1.807) is 0 Å². The average molecular weight is 322 g/mol. The van der Waals surface area contributed by atoms with Gasteiger partial charge in [0.15, 0.2) is 11.5 Å². The zero-order valence-electron chi connectivity index (χ0n) is 9.38. The molecule has 0 saturated carbocycles. The highest BCUT2D eigenvalue weighted by Crippen LogP contribution is 2.42. The second-order valence-corrected chi connectivity index (χ2v) is 4.80. The van der Waals surface area contributed by atoms with Gasteiger partial charge in [-0.1, -0.05) is 22.9 Å². The summed E-state index contributed by atoms with van der Waals surface area (Å²) in [7, 11) is 0. The molecule has 4 nitrogen and oxygen atoms in total.